The summed E-state index contributed by atoms with van der Waals surface area (Å²) < 4.78 is 37.3. The maximum absolute atomic E-state index is 12.1. The van der Waals surface area contributed by atoms with Crippen molar-refractivity contribution in [3.63, 3.8) is 0 Å². The van der Waals surface area contributed by atoms with E-state index >= 15 is 0 Å². The molecule has 0 aliphatic carbocycles. The number of nitrogens with one attached hydrogen (secondary N) is 1. The summed E-state index contributed by atoms with van der Waals surface area (Å²) in [5, 5.41) is 9.23. The monoisotopic (exact) mass is 400 g/mol. The van der Waals surface area contributed by atoms with Gasteiger partial charge in [-0.15, -0.1) is 0 Å². The fourth-order valence-corrected chi connectivity index (χ4v) is 4.28. The molecule has 8 nitrogen and oxygen atoms in total. The van der Waals surface area contributed by atoms with Crippen molar-refractivity contribution in [1.29, 1.82) is 0 Å². The van der Waals surface area contributed by atoms with E-state index in [0.29, 0.717) is 23.6 Å². The summed E-state index contributed by atoms with van der Waals surface area (Å²) >= 11 is 0. The number of aromatic nitrogens is 2. The number of ether oxygens (including phenoxy) is 2. The van der Waals surface area contributed by atoms with Crippen LogP contribution in [0.15, 0.2) is 41.4 Å². The van der Waals surface area contributed by atoms with Crippen molar-refractivity contribution in [1.82, 2.24) is 14.9 Å². The minimum Gasteiger partial charge on any atom is -0.493 e. The second-order valence-corrected chi connectivity index (χ2v) is 8.24. The van der Waals surface area contributed by atoms with E-state index in [0.717, 1.165) is 28.7 Å². The Morgan fingerprint density at radius 3 is 2.54 bits per heavy atom. The van der Waals surface area contributed by atoms with E-state index in [9.17, 15) is 8.42 Å². The molecule has 1 N–H and O–H groups in total. The van der Waals surface area contributed by atoms with Crippen molar-refractivity contribution >= 4 is 32.3 Å². The Hall–Kier alpha value is -2.91. The number of anilines is 2. The lowest BCUT2D eigenvalue weighted by molar-refractivity contribution is 0.355. The van der Waals surface area contributed by atoms with Gasteiger partial charge in [-0.05, 0) is 43.3 Å². The first-order valence-corrected chi connectivity index (χ1v) is 10.2. The molecular formula is C19H20N4O4S. The second kappa shape index (κ2) is 6.92. The van der Waals surface area contributed by atoms with Crippen LogP contribution in [-0.4, -0.2) is 46.4 Å². The van der Waals surface area contributed by atoms with E-state index in [1.165, 1.54) is 7.05 Å². The third-order valence-electron chi connectivity index (χ3n) is 4.94. The minimum absolute atomic E-state index is 0.264. The van der Waals surface area contributed by atoms with Gasteiger partial charge in [-0.1, -0.05) is 0 Å². The normalized spacial score (nSPS) is 13.6. The van der Waals surface area contributed by atoms with Crippen molar-refractivity contribution in [2.24, 2.45) is 0 Å². The maximum Gasteiger partial charge on any atom is 0.240 e. The van der Waals surface area contributed by atoms with Crippen LogP contribution < -0.4 is 19.1 Å². The fourth-order valence-electron chi connectivity index (χ4n) is 3.50. The molecular weight excluding hydrogens is 380 g/mol. The molecule has 0 bridgehead atoms. The molecule has 0 spiro atoms. The molecule has 2 aromatic carbocycles. The van der Waals surface area contributed by atoms with Gasteiger partial charge in [0.15, 0.2) is 11.5 Å². The number of fused-ring (bicyclic) bond motifs is 2. The van der Waals surface area contributed by atoms with Crippen LogP contribution in [-0.2, 0) is 16.4 Å². The fraction of sp³-hybridized carbons (Fsp3) is 0.263. The Labute approximate surface area is 163 Å². The molecule has 9 heteroatoms. The van der Waals surface area contributed by atoms with E-state index in [-0.39, 0.29) is 4.90 Å². The molecule has 0 fully saturated rings. The Morgan fingerprint density at radius 1 is 1.07 bits per heavy atom. The number of hydrogen-bond acceptors (Lipinski definition) is 7. The number of hydrogen-bond donors (Lipinski definition) is 1. The van der Waals surface area contributed by atoms with Gasteiger partial charge in [0.25, 0.3) is 0 Å². The highest BCUT2D eigenvalue weighted by Crippen LogP contribution is 2.41. The molecule has 0 amide bonds. The van der Waals surface area contributed by atoms with Gasteiger partial charge in [0.1, 0.15) is 0 Å². The van der Waals surface area contributed by atoms with Crippen molar-refractivity contribution in [3.05, 3.63) is 42.1 Å². The van der Waals surface area contributed by atoms with Crippen molar-refractivity contribution in [2.45, 2.75) is 11.3 Å². The zero-order valence-electron chi connectivity index (χ0n) is 15.8. The topological polar surface area (TPSA) is 93.7 Å². The number of methoxy groups -OCH3 is 2. The van der Waals surface area contributed by atoms with Crippen LogP contribution in [0.5, 0.6) is 11.5 Å². The molecule has 4 rings (SSSR count). The van der Waals surface area contributed by atoms with E-state index < -0.39 is 10.0 Å². The van der Waals surface area contributed by atoms with Gasteiger partial charge in [0, 0.05) is 23.7 Å². The van der Waals surface area contributed by atoms with Crippen molar-refractivity contribution in [2.75, 3.05) is 32.7 Å². The Morgan fingerprint density at radius 2 is 1.82 bits per heavy atom. The summed E-state index contributed by atoms with van der Waals surface area (Å²) in [6.45, 7) is 0.716. The smallest absolute Gasteiger partial charge is 0.240 e. The summed E-state index contributed by atoms with van der Waals surface area (Å²) in [5.41, 5.74) is 3.51. The van der Waals surface area contributed by atoms with Crippen molar-refractivity contribution < 1.29 is 17.9 Å². The lowest BCUT2D eigenvalue weighted by atomic mass is 10.1. The van der Waals surface area contributed by atoms with Gasteiger partial charge >= 0.3 is 0 Å². The molecule has 146 valence electrons. The highest BCUT2D eigenvalue weighted by molar-refractivity contribution is 7.89. The summed E-state index contributed by atoms with van der Waals surface area (Å²) in [5.74, 6) is 1.20. The molecule has 2 heterocycles. The molecule has 0 radical (unpaired) electrons. The molecule has 0 atom stereocenters. The zero-order chi connectivity index (χ0) is 19.9. The van der Waals surface area contributed by atoms with E-state index in [1.54, 1.807) is 38.6 Å². The van der Waals surface area contributed by atoms with E-state index in [1.807, 2.05) is 12.1 Å². The van der Waals surface area contributed by atoms with Crippen LogP contribution in [0, 0.1) is 0 Å². The summed E-state index contributed by atoms with van der Waals surface area (Å²) in [6.07, 6.45) is 2.45. The molecule has 3 aromatic rings. The van der Waals surface area contributed by atoms with Crippen LogP contribution in [0.4, 0.5) is 11.4 Å². The highest BCUT2D eigenvalue weighted by atomic mass is 32.2. The summed E-state index contributed by atoms with van der Waals surface area (Å²) in [7, 11) is 1.10. The summed E-state index contributed by atoms with van der Waals surface area (Å²) in [6, 6.07) is 8.85. The third-order valence-corrected chi connectivity index (χ3v) is 6.35. The molecule has 1 aliphatic heterocycles. The molecule has 1 aromatic heterocycles. The molecule has 1 aliphatic rings. The third kappa shape index (κ3) is 2.92. The van der Waals surface area contributed by atoms with Gasteiger partial charge in [-0.2, -0.15) is 10.2 Å². The number of nitrogens with zero attached hydrogens (tertiary/aromatic N) is 3. The number of sulfonamides is 1. The Kier molecular flexibility index (Phi) is 4.56. The number of benzene rings is 2. The van der Waals surface area contributed by atoms with Crippen LogP contribution in [0.1, 0.15) is 5.56 Å². The molecule has 0 saturated heterocycles. The molecule has 0 unspecified atom stereocenters. The van der Waals surface area contributed by atoms with Crippen LogP contribution >= 0.6 is 0 Å². The van der Waals surface area contributed by atoms with Gasteiger partial charge in [-0.3, -0.25) is 0 Å². The van der Waals surface area contributed by atoms with Crippen molar-refractivity contribution in [3.8, 4) is 11.5 Å². The van der Waals surface area contributed by atoms with Crippen LogP contribution in [0.3, 0.4) is 0 Å². The lowest BCUT2D eigenvalue weighted by Crippen LogP contribution is -2.18. The summed E-state index contributed by atoms with van der Waals surface area (Å²) in [4.78, 5) is 2.38. The standard InChI is InChI=1S/C19H20N4O4S/c1-20-28(24,25)13-4-5-16-12(8-13)6-7-23(16)17-11-21-22-15-10-19(27-3)18(26-2)9-14(15)17/h4-5,8-11,20H,6-7H2,1-3H3. The maximum atomic E-state index is 12.1. The highest BCUT2D eigenvalue weighted by Gasteiger charge is 2.25. The predicted molar refractivity (Wildman–Crippen MR) is 106 cm³/mol. The minimum atomic E-state index is -3.47. The second-order valence-electron chi connectivity index (χ2n) is 6.35. The Bertz CT molecular complexity index is 1160. The van der Waals surface area contributed by atoms with Gasteiger partial charge < -0.3 is 14.4 Å². The molecule has 28 heavy (non-hydrogen) atoms. The largest absolute Gasteiger partial charge is 0.493 e. The van der Waals surface area contributed by atoms with Crippen LogP contribution in [0.2, 0.25) is 0 Å². The lowest BCUT2D eigenvalue weighted by Gasteiger charge is -2.21. The average Bonchev–Trinajstić information content (AvgIpc) is 3.15. The SMILES string of the molecule is CNS(=O)(=O)c1ccc2c(c1)CCN2c1cnnc2cc(OC)c(OC)cc12. The zero-order valence-corrected chi connectivity index (χ0v) is 16.6. The average molecular weight is 400 g/mol. The predicted octanol–water partition coefficient (Wildman–Crippen LogP) is 2.25. The van der Waals surface area contributed by atoms with Gasteiger partial charge in [-0.25, -0.2) is 13.1 Å². The first-order valence-electron chi connectivity index (χ1n) is 8.70. The quantitative estimate of drug-likeness (QED) is 0.702. The van der Waals surface area contributed by atoms with Gasteiger partial charge in [0.05, 0.1) is 36.5 Å². The van der Waals surface area contributed by atoms with E-state index in [4.69, 9.17) is 9.47 Å². The van der Waals surface area contributed by atoms with E-state index in [2.05, 4.69) is 19.8 Å². The Balaban J connectivity index is 1.83. The van der Waals surface area contributed by atoms with Gasteiger partial charge in [0.2, 0.25) is 10.0 Å². The number of rotatable bonds is 5. The first-order chi connectivity index (χ1) is 13.5. The first kappa shape index (κ1) is 18.5. The molecule has 0 saturated carbocycles. The van der Waals surface area contributed by atoms with Crippen LogP contribution in [0.25, 0.3) is 10.9 Å².